The van der Waals surface area contributed by atoms with Crippen molar-refractivity contribution in [2.45, 2.75) is 0 Å². The van der Waals surface area contributed by atoms with E-state index in [2.05, 4.69) is 4.74 Å². The van der Waals surface area contributed by atoms with Crippen LogP contribution in [0, 0.1) is 17.5 Å². The van der Waals surface area contributed by atoms with Crippen LogP contribution in [0.2, 0.25) is 0 Å². The number of methoxy groups -OCH3 is 1. The zero-order valence-electron chi connectivity index (χ0n) is 9.13. The second-order valence-corrected chi connectivity index (χ2v) is 3.19. The molecule has 0 aromatic heterocycles. The van der Waals surface area contributed by atoms with Gasteiger partial charge in [0.05, 0.1) is 18.8 Å². The maximum atomic E-state index is 13.2. The largest absolute Gasteiger partial charge is 0.382 e. The fourth-order valence-electron chi connectivity index (χ4n) is 1.13. The molecule has 0 aliphatic rings. The summed E-state index contributed by atoms with van der Waals surface area (Å²) in [5.74, 6) is -5.24. The van der Waals surface area contributed by atoms with E-state index in [1.807, 2.05) is 0 Å². The number of hydrogen-bond acceptors (Lipinski definition) is 3. The molecule has 0 bridgehead atoms. The van der Waals surface area contributed by atoms with Crippen molar-refractivity contribution < 1.29 is 27.4 Å². The van der Waals surface area contributed by atoms with Crippen LogP contribution in [0.25, 0.3) is 0 Å². The summed E-state index contributed by atoms with van der Waals surface area (Å²) in [6, 6.07) is 1.58. The van der Waals surface area contributed by atoms with Crippen LogP contribution in [0.3, 0.4) is 0 Å². The molecule has 0 aliphatic heterocycles. The molecule has 1 aromatic carbocycles. The van der Waals surface area contributed by atoms with Gasteiger partial charge in [-0.05, 0) is 12.1 Å². The monoisotopic (exact) mass is 248 g/mol. The molecule has 1 rings (SSSR count). The fraction of sp³-hybridized carbons (Fsp3) is 0.364. The third-order valence-electron chi connectivity index (χ3n) is 2.00. The second-order valence-electron chi connectivity index (χ2n) is 3.19. The summed E-state index contributed by atoms with van der Waals surface area (Å²) >= 11 is 0. The molecule has 0 saturated heterocycles. The highest BCUT2D eigenvalue weighted by Gasteiger charge is 2.18. The SMILES string of the molecule is COCCOCC(=O)c1ccc(F)c(F)c1F. The Hall–Kier alpha value is -1.40. The average Bonchev–Trinajstić information content (AvgIpc) is 2.31. The van der Waals surface area contributed by atoms with Crippen molar-refractivity contribution in [3.05, 3.63) is 35.1 Å². The van der Waals surface area contributed by atoms with Gasteiger partial charge in [-0.1, -0.05) is 0 Å². The summed E-state index contributed by atoms with van der Waals surface area (Å²) in [5.41, 5.74) is -0.527. The van der Waals surface area contributed by atoms with Gasteiger partial charge in [-0.2, -0.15) is 0 Å². The smallest absolute Gasteiger partial charge is 0.195 e. The Kier molecular flexibility index (Phi) is 5.11. The van der Waals surface area contributed by atoms with E-state index in [9.17, 15) is 18.0 Å². The second kappa shape index (κ2) is 6.36. The van der Waals surface area contributed by atoms with Gasteiger partial charge in [0.1, 0.15) is 6.61 Å². The zero-order chi connectivity index (χ0) is 12.8. The predicted octanol–water partition coefficient (Wildman–Crippen LogP) is 1.95. The van der Waals surface area contributed by atoms with Gasteiger partial charge >= 0.3 is 0 Å². The number of ether oxygens (including phenoxy) is 2. The van der Waals surface area contributed by atoms with Crippen molar-refractivity contribution in [2.75, 3.05) is 26.9 Å². The van der Waals surface area contributed by atoms with Crippen LogP contribution in [0.15, 0.2) is 12.1 Å². The van der Waals surface area contributed by atoms with Crippen molar-refractivity contribution in [3.63, 3.8) is 0 Å². The molecule has 0 aliphatic carbocycles. The number of hydrogen-bond donors (Lipinski definition) is 0. The number of halogens is 3. The maximum absolute atomic E-state index is 13.2. The topological polar surface area (TPSA) is 35.5 Å². The Bertz CT molecular complexity index is 407. The van der Waals surface area contributed by atoms with Gasteiger partial charge in [0, 0.05) is 7.11 Å². The van der Waals surface area contributed by atoms with E-state index in [1.54, 1.807) is 0 Å². The van der Waals surface area contributed by atoms with Crippen LogP contribution in [0.5, 0.6) is 0 Å². The lowest BCUT2D eigenvalue weighted by Crippen LogP contribution is -2.14. The molecule has 0 amide bonds. The molecule has 17 heavy (non-hydrogen) atoms. The highest BCUT2D eigenvalue weighted by molar-refractivity contribution is 5.97. The lowest BCUT2D eigenvalue weighted by atomic mass is 10.1. The molecular formula is C11H11F3O3. The normalized spacial score (nSPS) is 10.6. The molecule has 1 aromatic rings. The van der Waals surface area contributed by atoms with Crippen LogP contribution in [0.4, 0.5) is 13.2 Å². The first-order chi connectivity index (χ1) is 8.07. The third kappa shape index (κ3) is 3.54. The van der Waals surface area contributed by atoms with E-state index in [0.717, 1.165) is 6.07 Å². The first-order valence-corrected chi connectivity index (χ1v) is 4.81. The average molecular weight is 248 g/mol. The Labute approximate surface area is 96.1 Å². The van der Waals surface area contributed by atoms with Crippen LogP contribution >= 0.6 is 0 Å². The van der Waals surface area contributed by atoms with Crippen LogP contribution in [-0.4, -0.2) is 32.7 Å². The Morgan fingerprint density at radius 1 is 1.18 bits per heavy atom. The van der Waals surface area contributed by atoms with Crippen molar-refractivity contribution in [3.8, 4) is 0 Å². The number of Topliss-reactive ketones (excluding diaryl/α,β-unsaturated/α-hetero) is 1. The minimum atomic E-state index is -1.66. The van der Waals surface area contributed by atoms with Gasteiger partial charge in [0.15, 0.2) is 23.2 Å². The van der Waals surface area contributed by atoms with E-state index in [4.69, 9.17) is 4.74 Å². The van der Waals surface area contributed by atoms with Gasteiger partial charge in [0.25, 0.3) is 0 Å². The highest BCUT2D eigenvalue weighted by Crippen LogP contribution is 2.15. The lowest BCUT2D eigenvalue weighted by molar-refractivity contribution is 0.0573. The molecule has 0 unspecified atom stereocenters. The summed E-state index contributed by atoms with van der Waals surface area (Å²) < 4.78 is 48.1. The van der Waals surface area contributed by atoms with Crippen molar-refractivity contribution in [1.29, 1.82) is 0 Å². The summed E-state index contributed by atoms with van der Waals surface area (Å²) in [5, 5.41) is 0. The number of carbonyl (C=O) groups is 1. The predicted molar refractivity (Wildman–Crippen MR) is 53.3 cm³/mol. The number of benzene rings is 1. The van der Waals surface area contributed by atoms with Crippen molar-refractivity contribution in [2.24, 2.45) is 0 Å². The van der Waals surface area contributed by atoms with Gasteiger partial charge in [0.2, 0.25) is 0 Å². The first kappa shape index (κ1) is 13.7. The molecule has 0 saturated carbocycles. The molecule has 0 N–H and O–H groups in total. The number of ketones is 1. The molecule has 6 heteroatoms. The van der Waals surface area contributed by atoms with Crippen molar-refractivity contribution in [1.82, 2.24) is 0 Å². The van der Waals surface area contributed by atoms with Crippen LogP contribution < -0.4 is 0 Å². The highest BCUT2D eigenvalue weighted by atomic mass is 19.2. The van der Waals surface area contributed by atoms with Crippen LogP contribution in [0.1, 0.15) is 10.4 Å². The first-order valence-electron chi connectivity index (χ1n) is 4.81. The van der Waals surface area contributed by atoms with Gasteiger partial charge in [-0.15, -0.1) is 0 Å². The summed E-state index contributed by atoms with van der Waals surface area (Å²) in [6.45, 7) is 0.0342. The van der Waals surface area contributed by atoms with E-state index < -0.39 is 35.4 Å². The molecule has 0 atom stereocenters. The van der Waals surface area contributed by atoms with E-state index >= 15 is 0 Å². The molecule has 0 fully saturated rings. The summed E-state index contributed by atoms with van der Waals surface area (Å²) in [4.78, 5) is 11.4. The molecule has 0 radical (unpaired) electrons. The molecule has 0 spiro atoms. The summed E-state index contributed by atoms with van der Waals surface area (Å²) in [6.07, 6.45) is 0. The fourth-order valence-corrected chi connectivity index (χ4v) is 1.13. The molecule has 94 valence electrons. The van der Waals surface area contributed by atoms with Crippen molar-refractivity contribution >= 4 is 5.78 Å². The van der Waals surface area contributed by atoms with Crippen LogP contribution in [-0.2, 0) is 9.47 Å². The Morgan fingerprint density at radius 3 is 2.53 bits per heavy atom. The molecule has 3 nitrogen and oxygen atoms in total. The van der Waals surface area contributed by atoms with E-state index in [0.29, 0.717) is 6.07 Å². The Morgan fingerprint density at radius 2 is 1.88 bits per heavy atom. The molecular weight excluding hydrogens is 237 g/mol. The standard InChI is InChI=1S/C11H11F3O3/c1-16-4-5-17-6-9(15)7-2-3-8(12)11(14)10(7)13/h2-3H,4-6H2,1H3. The lowest BCUT2D eigenvalue weighted by Gasteiger charge is -2.05. The zero-order valence-corrected chi connectivity index (χ0v) is 9.13. The maximum Gasteiger partial charge on any atom is 0.195 e. The van der Waals surface area contributed by atoms with Gasteiger partial charge in [-0.3, -0.25) is 4.79 Å². The van der Waals surface area contributed by atoms with E-state index in [1.165, 1.54) is 7.11 Å². The van der Waals surface area contributed by atoms with Gasteiger partial charge < -0.3 is 9.47 Å². The van der Waals surface area contributed by atoms with Gasteiger partial charge in [-0.25, -0.2) is 13.2 Å². The number of carbonyl (C=O) groups excluding carboxylic acids is 1. The minimum Gasteiger partial charge on any atom is -0.382 e. The third-order valence-corrected chi connectivity index (χ3v) is 2.00. The quantitative estimate of drug-likeness (QED) is 0.438. The molecule has 0 heterocycles. The number of rotatable bonds is 6. The summed E-state index contributed by atoms with van der Waals surface area (Å²) in [7, 11) is 1.46. The minimum absolute atomic E-state index is 0.160. The Balaban J connectivity index is 2.66. The van der Waals surface area contributed by atoms with E-state index in [-0.39, 0.29) is 13.2 Å².